The van der Waals surface area contributed by atoms with Gasteiger partial charge in [0.15, 0.2) is 0 Å². The van der Waals surface area contributed by atoms with Crippen molar-refractivity contribution in [1.82, 2.24) is 20.3 Å². The fraction of sp³-hybridized carbons (Fsp3) is 0.176. The highest BCUT2D eigenvalue weighted by molar-refractivity contribution is 6.31. The number of aromatic amines is 1. The molecule has 0 aliphatic heterocycles. The van der Waals surface area contributed by atoms with E-state index >= 15 is 0 Å². The number of benzene rings is 1. The monoisotopic (exact) mass is 357 g/mol. The Balaban J connectivity index is 1.92. The normalized spacial score (nSPS) is 12.0. The summed E-state index contributed by atoms with van der Waals surface area (Å²) in [4.78, 5) is 35.1. The molecule has 25 heavy (non-hydrogen) atoms. The highest BCUT2D eigenvalue weighted by Gasteiger charge is 2.14. The van der Waals surface area contributed by atoms with Gasteiger partial charge in [-0.15, -0.1) is 0 Å². The molecule has 1 aromatic carbocycles. The summed E-state index contributed by atoms with van der Waals surface area (Å²) in [6.45, 7) is 1.82. The predicted octanol–water partition coefficient (Wildman–Crippen LogP) is 2.50. The molecule has 0 fully saturated rings. The minimum atomic E-state index is -0.368. The Bertz CT molecular complexity index is 1000. The van der Waals surface area contributed by atoms with Crippen molar-refractivity contribution in [3.63, 3.8) is 0 Å². The largest absolute Gasteiger partial charge is 0.354 e. The molecule has 2 aromatic heterocycles. The summed E-state index contributed by atoms with van der Waals surface area (Å²) in [5.41, 5.74) is 1.26. The topological polar surface area (TPSA) is 99.8 Å². The summed E-state index contributed by atoms with van der Waals surface area (Å²) >= 11 is 6.02. The lowest BCUT2D eigenvalue weighted by Crippen LogP contribution is -2.22. The Hall–Kier alpha value is -2.93. The molecule has 8 heteroatoms. The molecule has 7 nitrogen and oxygen atoms in total. The number of halogens is 1. The Morgan fingerprint density at radius 1 is 1.28 bits per heavy atom. The fourth-order valence-corrected chi connectivity index (χ4v) is 2.65. The Kier molecular flexibility index (Phi) is 4.67. The minimum Gasteiger partial charge on any atom is -0.354 e. The highest BCUT2D eigenvalue weighted by atomic mass is 35.5. The number of fused-ring (bicyclic) bond motifs is 1. The molecule has 1 unspecified atom stereocenters. The van der Waals surface area contributed by atoms with Crippen molar-refractivity contribution in [3.05, 3.63) is 63.2 Å². The van der Waals surface area contributed by atoms with E-state index in [-0.39, 0.29) is 29.2 Å². The van der Waals surface area contributed by atoms with Crippen LogP contribution in [0.15, 0.2) is 41.3 Å². The summed E-state index contributed by atoms with van der Waals surface area (Å²) in [6.07, 6.45) is 1.48. The SMILES string of the molecule is CNC(=O)c1ccnc(NC(C)c2cc3cc(Cl)ccc3[nH]c2=O)n1. The van der Waals surface area contributed by atoms with Crippen molar-refractivity contribution >= 4 is 34.4 Å². The van der Waals surface area contributed by atoms with E-state index in [1.807, 2.05) is 6.92 Å². The molecule has 0 spiro atoms. The van der Waals surface area contributed by atoms with Crippen LogP contribution in [0, 0.1) is 0 Å². The summed E-state index contributed by atoms with van der Waals surface area (Å²) < 4.78 is 0. The van der Waals surface area contributed by atoms with Gasteiger partial charge in [0, 0.05) is 34.7 Å². The van der Waals surface area contributed by atoms with Gasteiger partial charge in [-0.25, -0.2) is 9.97 Å². The van der Waals surface area contributed by atoms with Crippen molar-refractivity contribution in [1.29, 1.82) is 0 Å². The third-order valence-corrected chi connectivity index (χ3v) is 4.00. The van der Waals surface area contributed by atoms with Crippen molar-refractivity contribution in [2.45, 2.75) is 13.0 Å². The molecule has 1 atom stereocenters. The molecule has 0 saturated carbocycles. The van der Waals surface area contributed by atoms with Crippen LogP contribution in [0.3, 0.4) is 0 Å². The average molecular weight is 358 g/mol. The third kappa shape index (κ3) is 3.61. The van der Waals surface area contributed by atoms with Crippen LogP contribution >= 0.6 is 11.6 Å². The summed E-state index contributed by atoms with van der Waals surface area (Å²) in [6, 6.07) is 8.19. The van der Waals surface area contributed by atoms with Gasteiger partial charge >= 0.3 is 0 Å². The fourth-order valence-electron chi connectivity index (χ4n) is 2.47. The van der Waals surface area contributed by atoms with Crippen LogP contribution in [0.1, 0.15) is 29.0 Å². The van der Waals surface area contributed by atoms with Crippen LogP contribution in [0.5, 0.6) is 0 Å². The second kappa shape index (κ2) is 6.90. The Labute approximate surface area is 148 Å². The van der Waals surface area contributed by atoms with E-state index in [2.05, 4.69) is 25.6 Å². The number of H-pyrrole nitrogens is 1. The van der Waals surface area contributed by atoms with Gasteiger partial charge < -0.3 is 15.6 Å². The van der Waals surface area contributed by atoms with Crippen molar-refractivity contribution in [3.8, 4) is 0 Å². The maximum atomic E-state index is 12.3. The van der Waals surface area contributed by atoms with E-state index in [1.165, 1.54) is 19.3 Å². The highest BCUT2D eigenvalue weighted by Crippen LogP contribution is 2.20. The smallest absolute Gasteiger partial charge is 0.269 e. The number of carbonyl (C=O) groups is 1. The number of amides is 1. The maximum absolute atomic E-state index is 12.3. The van der Waals surface area contributed by atoms with Crippen LogP contribution in [-0.2, 0) is 0 Å². The van der Waals surface area contributed by atoms with Gasteiger partial charge in [-0.05, 0) is 37.3 Å². The molecular formula is C17H16ClN5O2. The molecule has 3 rings (SSSR count). The van der Waals surface area contributed by atoms with E-state index in [9.17, 15) is 9.59 Å². The molecular weight excluding hydrogens is 342 g/mol. The standard InChI is InChI=1S/C17H16ClN5O2/c1-9(21-17-20-6-5-14(23-17)16(25)19-2)12-8-10-7-11(18)3-4-13(10)22-15(12)24/h3-9H,1-2H3,(H,19,25)(H,22,24)(H,20,21,23). The van der Waals surface area contributed by atoms with Crippen LogP contribution in [0.2, 0.25) is 5.02 Å². The number of nitrogens with zero attached hydrogens (tertiary/aromatic N) is 2. The van der Waals surface area contributed by atoms with Gasteiger partial charge in [-0.3, -0.25) is 9.59 Å². The van der Waals surface area contributed by atoms with Crippen molar-refractivity contribution in [2.75, 3.05) is 12.4 Å². The van der Waals surface area contributed by atoms with Crippen LogP contribution < -0.4 is 16.2 Å². The minimum absolute atomic E-state index is 0.211. The first-order valence-electron chi connectivity index (χ1n) is 7.62. The molecule has 2 heterocycles. The first kappa shape index (κ1) is 16.9. The Morgan fingerprint density at radius 2 is 2.08 bits per heavy atom. The van der Waals surface area contributed by atoms with Gasteiger partial charge in [0.2, 0.25) is 5.95 Å². The number of carbonyl (C=O) groups excluding carboxylic acids is 1. The summed E-state index contributed by atoms with van der Waals surface area (Å²) in [7, 11) is 1.53. The molecule has 0 aliphatic rings. The van der Waals surface area contributed by atoms with E-state index in [0.29, 0.717) is 16.1 Å². The molecule has 0 bridgehead atoms. The van der Waals surface area contributed by atoms with Gasteiger partial charge in [0.25, 0.3) is 11.5 Å². The van der Waals surface area contributed by atoms with E-state index < -0.39 is 0 Å². The van der Waals surface area contributed by atoms with Gasteiger partial charge in [-0.2, -0.15) is 0 Å². The lowest BCUT2D eigenvalue weighted by molar-refractivity contribution is 0.0958. The Morgan fingerprint density at radius 3 is 2.84 bits per heavy atom. The van der Waals surface area contributed by atoms with Gasteiger partial charge in [0.1, 0.15) is 5.69 Å². The van der Waals surface area contributed by atoms with Gasteiger partial charge in [0.05, 0.1) is 6.04 Å². The van der Waals surface area contributed by atoms with Crippen LogP contribution in [0.4, 0.5) is 5.95 Å². The molecule has 0 aliphatic carbocycles. The van der Waals surface area contributed by atoms with Crippen LogP contribution in [0.25, 0.3) is 10.9 Å². The third-order valence-electron chi connectivity index (χ3n) is 3.76. The predicted molar refractivity (Wildman–Crippen MR) is 97.0 cm³/mol. The van der Waals surface area contributed by atoms with Crippen molar-refractivity contribution < 1.29 is 4.79 Å². The number of hydrogen-bond acceptors (Lipinski definition) is 5. The lowest BCUT2D eigenvalue weighted by Gasteiger charge is -2.14. The maximum Gasteiger partial charge on any atom is 0.269 e. The number of rotatable bonds is 4. The number of pyridine rings is 1. The molecule has 1 amide bonds. The van der Waals surface area contributed by atoms with E-state index in [1.54, 1.807) is 24.3 Å². The molecule has 3 N–H and O–H groups in total. The van der Waals surface area contributed by atoms with Crippen molar-refractivity contribution in [2.24, 2.45) is 0 Å². The zero-order valence-electron chi connectivity index (χ0n) is 13.6. The number of aromatic nitrogens is 3. The second-order valence-corrected chi connectivity index (χ2v) is 5.93. The van der Waals surface area contributed by atoms with Gasteiger partial charge in [-0.1, -0.05) is 11.6 Å². The van der Waals surface area contributed by atoms with Crippen LogP contribution in [-0.4, -0.2) is 27.9 Å². The average Bonchev–Trinajstić information content (AvgIpc) is 2.61. The molecule has 3 aromatic rings. The first-order chi connectivity index (χ1) is 12.0. The zero-order chi connectivity index (χ0) is 18.0. The van der Waals surface area contributed by atoms with E-state index in [0.717, 1.165) is 5.39 Å². The lowest BCUT2D eigenvalue weighted by atomic mass is 10.1. The second-order valence-electron chi connectivity index (χ2n) is 5.50. The molecule has 0 radical (unpaired) electrons. The summed E-state index contributed by atoms with van der Waals surface area (Å²) in [5.74, 6) is -0.0458. The number of hydrogen-bond donors (Lipinski definition) is 3. The zero-order valence-corrected chi connectivity index (χ0v) is 14.4. The van der Waals surface area contributed by atoms with E-state index in [4.69, 9.17) is 11.6 Å². The quantitative estimate of drug-likeness (QED) is 0.666. The number of anilines is 1. The molecule has 0 saturated heterocycles. The number of nitrogens with one attached hydrogen (secondary N) is 3. The first-order valence-corrected chi connectivity index (χ1v) is 8.00. The summed E-state index contributed by atoms with van der Waals surface area (Å²) in [5, 5.41) is 6.97. The molecule has 128 valence electrons.